The molecule has 1 aliphatic rings. The van der Waals surface area contributed by atoms with Crippen LogP contribution in [0.2, 0.25) is 0 Å². The molecule has 1 N–H and O–H groups in total. The molecular weight excluding hydrogens is 358 g/mol. The second-order valence-electron chi connectivity index (χ2n) is 6.92. The van der Waals surface area contributed by atoms with E-state index in [0.717, 1.165) is 30.2 Å². The summed E-state index contributed by atoms with van der Waals surface area (Å²) in [5.74, 6) is 2.23. The summed E-state index contributed by atoms with van der Waals surface area (Å²) >= 11 is 0. The lowest BCUT2D eigenvalue weighted by Crippen LogP contribution is -2.24. The quantitative estimate of drug-likeness (QED) is 0.724. The first-order valence-corrected chi connectivity index (χ1v) is 9.57. The van der Waals surface area contributed by atoms with Gasteiger partial charge in [0.15, 0.2) is 0 Å². The van der Waals surface area contributed by atoms with Crippen LogP contribution in [0.25, 0.3) is 11.4 Å². The molecule has 0 saturated carbocycles. The highest BCUT2D eigenvalue weighted by molar-refractivity contribution is 5.89. The zero-order valence-corrected chi connectivity index (χ0v) is 15.9. The highest BCUT2D eigenvalue weighted by atomic mass is 16.5. The van der Waals surface area contributed by atoms with Crippen LogP contribution in [0.5, 0.6) is 0 Å². The van der Waals surface area contributed by atoms with Crippen LogP contribution >= 0.6 is 0 Å². The maximum absolute atomic E-state index is 12.3. The Morgan fingerprint density at radius 1 is 1.18 bits per heavy atom. The predicted molar refractivity (Wildman–Crippen MR) is 103 cm³/mol. The number of aromatic nitrogens is 3. The molecule has 4 rings (SSSR count). The fourth-order valence-corrected chi connectivity index (χ4v) is 3.29. The molecule has 1 aliphatic heterocycles. The van der Waals surface area contributed by atoms with Gasteiger partial charge in [0.05, 0.1) is 6.54 Å². The highest BCUT2D eigenvalue weighted by Crippen LogP contribution is 2.23. The summed E-state index contributed by atoms with van der Waals surface area (Å²) in [6.45, 7) is 4.12. The maximum Gasteiger partial charge on any atom is 0.316 e. The summed E-state index contributed by atoms with van der Waals surface area (Å²) < 4.78 is 10.6. The Kier molecular flexibility index (Phi) is 5.36. The lowest BCUT2D eigenvalue weighted by Gasteiger charge is -2.21. The fourth-order valence-electron chi connectivity index (χ4n) is 3.29. The maximum atomic E-state index is 12.3. The molecule has 0 aliphatic carbocycles. The Labute approximate surface area is 162 Å². The summed E-state index contributed by atoms with van der Waals surface area (Å²) in [7, 11) is 0. The monoisotopic (exact) mass is 381 g/mol. The van der Waals surface area contributed by atoms with Crippen molar-refractivity contribution in [3.63, 3.8) is 0 Å². The van der Waals surface area contributed by atoms with Crippen LogP contribution in [0.15, 0.2) is 39.4 Å². The van der Waals surface area contributed by atoms with E-state index in [4.69, 9.17) is 8.94 Å². The number of carbonyl (C=O) groups is 1. The van der Waals surface area contributed by atoms with Crippen molar-refractivity contribution in [3.8, 4) is 11.4 Å². The molecule has 1 saturated heterocycles. The van der Waals surface area contributed by atoms with Crippen LogP contribution in [0.3, 0.4) is 0 Å². The average molecular weight is 381 g/mol. The molecule has 0 unspecified atom stereocenters. The minimum atomic E-state index is -0.436. The SMILES string of the molecule is Cc1ccc(CNC(=O)c2nc(-c3ccnc(N4CCCCCC4)c3)no2)o1. The Balaban J connectivity index is 1.44. The number of amides is 1. The lowest BCUT2D eigenvalue weighted by molar-refractivity contribution is 0.0904. The van der Waals surface area contributed by atoms with Gasteiger partial charge in [-0.15, -0.1) is 0 Å². The molecule has 8 nitrogen and oxygen atoms in total. The van der Waals surface area contributed by atoms with Crippen LogP contribution in [-0.2, 0) is 6.54 Å². The Hall–Kier alpha value is -3.16. The molecule has 0 spiro atoms. The van der Waals surface area contributed by atoms with Crippen LogP contribution in [0, 0.1) is 6.92 Å². The number of nitrogens with zero attached hydrogens (tertiary/aromatic N) is 4. The number of nitrogens with one attached hydrogen (secondary N) is 1. The molecule has 1 fully saturated rings. The number of anilines is 1. The van der Waals surface area contributed by atoms with Crippen molar-refractivity contribution in [1.29, 1.82) is 0 Å². The molecule has 0 aromatic carbocycles. The van der Waals surface area contributed by atoms with E-state index in [2.05, 4.69) is 25.3 Å². The third-order valence-electron chi connectivity index (χ3n) is 4.77. The van der Waals surface area contributed by atoms with E-state index in [0.29, 0.717) is 11.6 Å². The van der Waals surface area contributed by atoms with Crippen LogP contribution in [0.1, 0.15) is 47.9 Å². The predicted octanol–water partition coefficient (Wildman–Crippen LogP) is 3.34. The number of rotatable bonds is 5. The van der Waals surface area contributed by atoms with E-state index in [1.165, 1.54) is 25.7 Å². The summed E-state index contributed by atoms with van der Waals surface area (Å²) in [6.07, 6.45) is 6.61. The van der Waals surface area contributed by atoms with Crippen molar-refractivity contribution in [3.05, 3.63) is 47.9 Å². The van der Waals surface area contributed by atoms with E-state index >= 15 is 0 Å². The Morgan fingerprint density at radius 2 is 2.00 bits per heavy atom. The molecule has 0 radical (unpaired) electrons. The third-order valence-corrected chi connectivity index (χ3v) is 4.77. The van der Waals surface area contributed by atoms with E-state index < -0.39 is 5.91 Å². The van der Waals surface area contributed by atoms with E-state index in [1.54, 1.807) is 6.20 Å². The van der Waals surface area contributed by atoms with Crippen molar-refractivity contribution in [2.24, 2.45) is 0 Å². The largest absolute Gasteiger partial charge is 0.465 e. The third kappa shape index (κ3) is 4.21. The van der Waals surface area contributed by atoms with Gasteiger partial charge in [0, 0.05) is 24.8 Å². The van der Waals surface area contributed by atoms with Gasteiger partial charge >= 0.3 is 11.8 Å². The van der Waals surface area contributed by atoms with Crippen molar-refractivity contribution in [2.75, 3.05) is 18.0 Å². The summed E-state index contributed by atoms with van der Waals surface area (Å²) in [5.41, 5.74) is 0.777. The second-order valence-corrected chi connectivity index (χ2v) is 6.92. The first-order valence-electron chi connectivity index (χ1n) is 9.57. The van der Waals surface area contributed by atoms with Crippen LogP contribution in [0.4, 0.5) is 5.82 Å². The van der Waals surface area contributed by atoms with Gasteiger partial charge in [0.25, 0.3) is 0 Å². The molecular formula is C20H23N5O3. The van der Waals surface area contributed by atoms with Crippen LogP contribution < -0.4 is 10.2 Å². The molecule has 1 amide bonds. The first kappa shape index (κ1) is 18.2. The summed E-state index contributed by atoms with van der Waals surface area (Å²) in [4.78, 5) is 23.3. The number of pyridine rings is 1. The smallest absolute Gasteiger partial charge is 0.316 e. The molecule has 0 atom stereocenters. The van der Waals surface area contributed by atoms with Crippen molar-refractivity contribution < 1.29 is 13.7 Å². The summed E-state index contributed by atoms with van der Waals surface area (Å²) in [5, 5.41) is 6.67. The van der Waals surface area contributed by atoms with Gasteiger partial charge in [0.2, 0.25) is 5.82 Å². The number of carbonyl (C=O) groups excluding carboxylic acids is 1. The lowest BCUT2D eigenvalue weighted by atomic mass is 10.2. The molecule has 146 valence electrons. The zero-order valence-electron chi connectivity index (χ0n) is 15.9. The minimum Gasteiger partial charge on any atom is -0.465 e. The standard InChI is InChI=1S/C20H23N5O3/c1-14-6-7-16(27-14)13-22-19(26)20-23-18(24-28-20)15-8-9-21-17(12-15)25-10-4-2-3-5-11-25/h6-9,12H,2-5,10-11,13H2,1H3,(H,22,26). The van der Waals surface area contributed by atoms with Gasteiger partial charge < -0.3 is 19.2 Å². The number of hydrogen-bond donors (Lipinski definition) is 1. The van der Waals surface area contributed by atoms with E-state index in [-0.39, 0.29) is 12.4 Å². The Morgan fingerprint density at radius 3 is 2.75 bits per heavy atom. The highest BCUT2D eigenvalue weighted by Gasteiger charge is 2.18. The van der Waals surface area contributed by atoms with Gasteiger partial charge in [0.1, 0.15) is 17.3 Å². The number of aryl methyl sites for hydroxylation is 1. The van der Waals surface area contributed by atoms with Crippen molar-refractivity contribution >= 4 is 11.7 Å². The van der Waals surface area contributed by atoms with E-state index in [1.807, 2.05) is 31.2 Å². The van der Waals surface area contributed by atoms with Gasteiger partial charge in [-0.3, -0.25) is 4.79 Å². The van der Waals surface area contributed by atoms with Gasteiger partial charge in [-0.25, -0.2) is 4.98 Å². The molecule has 28 heavy (non-hydrogen) atoms. The van der Waals surface area contributed by atoms with Crippen LogP contribution in [-0.4, -0.2) is 34.1 Å². The van der Waals surface area contributed by atoms with E-state index in [9.17, 15) is 4.79 Å². The molecule has 3 aromatic heterocycles. The molecule has 4 heterocycles. The van der Waals surface area contributed by atoms with Gasteiger partial charge in [-0.05, 0) is 44.0 Å². The first-order chi connectivity index (χ1) is 13.7. The molecule has 3 aromatic rings. The Bertz CT molecular complexity index is 941. The van der Waals surface area contributed by atoms with Crippen molar-refractivity contribution in [1.82, 2.24) is 20.4 Å². The average Bonchev–Trinajstić information content (AvgIpc) is 3.28. The normalized spacial score (nSPS) is 14.7. The fraction of sp³-hybridized carbons (Fsp3) is 0.400. The van der Waals surface area contributed by atoms with Gasteiger partial charge in [-0.2, -0.15) is 4.98 Å². The zero-order chi connectivity index (χ0) is 19.3. The number of furan rings is 1. The molecule has 0 bridgehead atoms. The molecule has 8 heteroatoms. The second kappa shape index (κ2) is 8.24. The van der Waals surface area contributed by atoms with Crippen molar-refractivity contribution in [2.45, 2.75) is 39.2 Å². The minimum absolute atomic E-state index is 0.0774. The number of hydrogen-bond acceptors (Lipinski definition) is 7. The van der Waals surface area contributed by atoms with Gasteiger partial charge in [-0.1, -0.05) is 18.0 Å². The summed E-state index contributed by atoms with van der Waals surface area (Å²) in [6, 6.07) is 7.43. The topological polar surface area (TPSA) is 97.3 Å².